The van der Waals surface area contributed by atoms with Crippen LogP contribution in [0.5, 0.6) is 0 Å². The molecule has 0 aliphatic heterocycles. The summed E-state index contributed by atoms with van der Waals surface area (Å²) in [7, 11) is 0. The van der Waals surface area contributed by atoms with E-state index in [0.29, 0.717) is 5.41 Å². The van der Waals surface area contributed by atoms with Crippen molar-refractivity contribution in [2.45, 2.75) is 373 Å². The SMILES string of the molecule is CC1C2CCC(CC2)[C@H]1C.CC1CCC2(CCCCC2)CC1.CCC1(C)CCCC1.CCC12CC3CC(CC(C3)C1)C2.CCC1CC2CCC1C2.C[C@@H]1C2CCC(CC2)C1(C)C.C[C@H]1CC2CCC1(C)CC2.C[C@H]1CC2CCC1CC2. The zero-order valence-corrected chi connectivity index (χ0v) is 57.6. The maximum Gasteiger partial charge on any atom is -0.0292 e. The topological polar surface area (TPSA) is 0 Å². The van der Waals surface area contributed by atoms with Gasteiger partial charge in [0.05, 0.1) is 0 Å². The normalized spacial score (nSPS) is 46.0. The summed E-state index contributed by atoms with van der Waals surface area (Å²) in [4.78, 5) is 0. The van der Waals surface area contributed by atoms with Crippen molar-refractivity contribution >= 4 is 0 Å². The molecule has 81 heavy (non-hydrogen) atoms. The van der Waals surface area contributed by atoms with Crippen molar-refractivity contribution in [3.8, 4) is 0 Å². The molecule has 0 aromatic rings. The van der Waals surface area contributed by atoms with Gasteiger partial charge in [-0.1, -0.05) is 173 Å². The first-order chi connectivity index (χ1) is 38.7. The van der Waals surface area contributed by atoms with E-state index in [-0.39, 0.29) is 0 Å². The first kappa shape index (κ1) is 65.4. The molecule has 1 spiro atoms. The predicted octanol–water partition coefficient (Wildman–Crippen LogP) is 26.2. The summed E-state index contributed by atoms with van der Waals surface area (Å²) in [6, 6.07) is 0. The fourth-order valence-corrected chi connectivity index (χ4v) is 24.3. The second kappa shape index (κ2) is 29.1. The Morgan fingerprint density at radius 2 is 0.840 bits per heavy atom. The molecule has 21 aliphatic carbocycles. The lowest BCUT2D eigenvalue weighted by molar-refractivity contribution is -0.0545. The Bertz CT molecular complexity index is 1720. The van der Waals surface area contributed by atoms with Crippen molar-refractivity contribution < 1.29 is 0 Å². The third-order valence-corrected chi connectivity index (χ3v) is 31.6. The van der Waals surface area contributed by atoms with Gasteiger partial charge in [-0.05, 0) is 339 Å². The van der Waals surface area contributed by atoms with Crippen molar-refractivity contribution in [1.29, 1.82) is 0 Å². The van der Waals surface area contributed by atoms with Gasteiger partial charge in [0, 0.05) is 0 Å². The average molecular weight is 1120 g/mol. The summed E-state index contributed by atoms with van der Waals surface area (Å²) >= 11 is 0. The fourth-order valence-electron chi connectivity index (χ4n) is 24.3. The molecule has 0 radical (unpaired) electrons. The highest BCUT2D eigenvalue weighted by molar-refractivity contribution is 5.01. The van der Waals surface area contributed by atoms with Crippen LogP contribution in [0.15, 0.2) is 0 Å². The van der Waals surface area contributed by atoms with Crippen molar-refractivity contribution in [3.63, 3.8) is 0 Å². The predicted molar refractivity (Wildman–Crippen MR) is 355 cm³/mol. The largest absolute Gasteiger partial charge is 0.0651 e. The Hall–Kier alpha value is 0. The van der Waals surface area contributed by atoms with Crippen LogP contribution in [0, 0.1) is 140 Å². The monoisotopic (exact) mass is 1120 g/mol. The second-order valence-electron chi connectivity index (χ2n) is 36.6. The first-order valence-electron chi connectivity index (χ1n) is 38.7. The fraction of sp³-hybridized carbons (Fsp3) is 1.00. The molecule has 4 unspecified atom stereocenters. The van der Waals surface area contributed by atoms with Gasteiger partial charge in [-0.15, -0.1) is 0 Å². The molecule has 21 fully saturated rings. The third kappa shape index (κ3) is 16.6. The van der Waals surface area contributed by atoms with Crippen LogP contribution >= 0.6 is 0 Å². The molecule has 21 aliphatic rings. The number of fused-ring (bicyclic) bond motifs is 14. The van der Waals surface area contributed by atoms with Crippen LogP contribution in [0.4, 0.5) is 0 Å². The van der Waals surface area contributed by atoms with Gasteiger partial charge >= 0.3 is 0 Å². The van der Waals surface area contributed by atoms with Gasteiger partial charge in [-0.25, -0.2) is 0 Å². The van der Waals surface area contributed by atoms with Gasteiger partial charge in [0.15, 0.2) is 0 Å². The summed E-state index contributed by atoms with van der Waals surface area (Å²) < 4.78 is 0. The smallest absolute Gasteiger partial charge is 0.0292 e. The van der Waals surface area contributed by atoms with Crippen LogP contribution in [0.1, 0.15) is 373 Å². The Labute approximate surface area is 509 Å². The van der Waals surface area contributed by atoms with Crippen molar-refractivity contribution in [1.82, 2.24) is 0 Å². The molecular weight excluding hydrogens is 973 g/mol. The minimum atomic E-state index is 0.654. The number of hydrogen-bond acceptors (Lipinski definition) is 0. The van der Waals surface area contributed by atoms with E-state index in [1.54, 1.807) is 122 Å². The molecule has 0 aromatic carbocycles. The van der Waals surface area contributed by atoms with Crippen LogP contribution in [0.25, 0.3) is 0 Å². The van der Waals surface area contributed by atoms with Gasteiger partial charge in [0.2, 0.25) is 0 Å². The van der Waals surface area contributed by atoms with Gasteiger partial charge in [-0.3, -0.25) is 0 Å². The zero-order chi connectivity index (χ0) is 57.6. The van der Waals surface area contributed by atoms with E-state index in [4.69, 9.17) is 0 Å². The van der Waals surface area contributed by atoms with Gasteiger partial charge in [0.25, 0.3) is 0 Å². The molecule has 0 N–H and O–H groups in total. The molecule has 0 heterocycles. The van der Waals surface area contributed by atoms with E-state index in [1.807, 2.05) is 0 Å². The van der Waals surface area contributed by atoms with E-state index < -0.39 is 0 Å². The molecule has 14 bridgehead atoms. The Kier molecular flexibility index (Phi) is 23.5. The van der Waals surface area contributed by atoms with E-state index in [0.717, 1.165) is 134 Å². The van der Waals surface area contributed by atoms with Gasteiger partial charge in [0.1, 0.15) is 0 Å². The van der Waals surface area contributed by atoms with E-state index >= 15 is 0 Å². The zero-order valence-electron chi connectivity index (χ0n) is 57.6. The Balaban J connectivity index is 0.000000112. The van der Waals surface area contributed by atoms with Gasteiger partial charge in [-0.2, -0.15) is 0 Å². The number of rotatable bonds is 3. The summed E-state index contributed by atoms with van der Waals surface area (Å²) in [6.45, 7) is 31.7. The number of hydrogen-bond donors (Lipinski definition) is 0. The average Bonchev–Trinajstić information content (AvgIpc) is 4.29. The Morgan fingerprint density at radius 1 is 0.358 bits per heavy atom. The van der Waals surface area contributed by atoms with Crippen molar-refractivity contribution in [2.24, 2.45) is 140 Å². The lowest BCUT2D eigenvalue weighted by atomic mass is 9.49. The van der Waals surface area contributed by atoms with Crippen molar-refractivity contribution in [3.05, 3.63) is 0 Å². The van der Waals surface area contributed by atoms with E-state index in [1.165, 1.54) is 161 Å². The molecule has 0 aromatic heterocycles. The maximum atomic E-state index is 2.49. The molecule has 0 amide bonds. The third-order valence-electron chi connectivity index (χ3n) is 31.6. The molecule has 470 valence electrons. The lowest BCUT2D eigenvalue weighted by Gasteiger charge is -2.56. The molecule has 0 saturated heterocycles. The standard InChI is InChI=1S/C12H20.C12H22.C11H20.2C10H18.2C9H16.C8H16/c1-2-12-6-9-3-10(7-12)5-11(4-9)8-12;1-11-5-9-12(10-6-11)7-3-2-4-8-12;1-8-9-4-6-10(7-5-9)11(8,2)3;1-8-7-9-3-5-10(8,2)6-4-9;1-7-8(2)10-5-3-9(7)4-6-10;1-7-6-8-2-4-9(7)5-3-8;1-2-8-5-7-3-4-9(8)6-7;1-3-8(2)6-4-5-7-8/h9-11H,2-8H2,1H3;11H,2-10H2,1H3;8-10H,4-7H2,1-3H3;8-9H,3-7H2,1-2H3;7-10H,3-6H2,1-2H3;2*7-9H,2-6H2,1H3;3-7H2,1-2H3/t;;2*8-,9?,10?;7-,8?,9?,10?;7-,8?,9?;;/m..1000../s1. The van der Waals surface area contributed by atoms with Crippen LogP contribution in [0.2, 0.25) is 0 Å². The lowest BCUT2D eigenvalue weighted by Crippen LogP contribution is -2.45. The summed E-state index contributed by atoms with van der Waals surface area (Å²) in [6.07, 6.45) is 67.4. The highest BCUT2D eigenvalue weighted by Crippen LogP contribution is 2.62. The summed E-state index contributed by atoms with van der Waals surface area (Å²) in [5, 5.41) is 0. The van der Waals surface area contributed by atoms with Crippen LogP contribution < -0.4 is 0 Å². The maximum absolute atomic E-state index is 2.49. The minimum absolute atomic E-state index is 0.654. The molecule has 21 rings (SSSR count). The van der Waals surface area contributed by atoms with Crippen LogP contribution in [0.3, 0.4) is 0 Å². The minimum Gasteiger partial charge on any atom is -0.0651 e. The van der Waals surface area contributed by atoms with Gasteiger partial charge < -0.3 is 0 Å². The second-order valence-corrected chi connectivity index (χ2v) is 36.6. The van der Waals surface area contributed by atoms with E-state index in [9.17, 15) is 0 Å². The summed E-state index contributed by atoms with van der Waals surface area (Å²) in [5.74, 6) is 20.7. The van der Waals surface area contributed by atoms with E-state index in [2.05, 4.69) is 90.0 Å². The highest BCUT2D eigenvalue weighted by Gasteiger charge is 2.50. The molecule has 0 heteroatoms. The summed E-state index contributed by atoms with van der Waals surface area (Å²) in [5.41, 5.74) is 3.81. The van der Waals surface area contributed by atoms with Crippen LogP contribution in [-0.4, -0.2) is 0 Å². The quantitative estimate of drug-likeness (QED) is 0.264. The van der Waals surface area contributed by atoms with Crippen LogP contribution in [-0.2, 0) is 0 Å². The molecular formula is C81H146. The first-order valence-corrected chi connectivity index (χ1v) is 38.7. The molecule has 0 nitrogen and oxygen atoms in total. The molecule has 8 atom stereocenters. The Morgan fingerprint density at radius 3 is 1.16 bits per heavy atom. The highest BCUT2D eigenvalue weighted by atomic mass is 14.6. The van der Waals surface area contributed by atoms with Crippen molar-refractivity contribution in [2.75, 3.05) is 0 Å². The molecule has 21 saturated carbocycles.